The fraction of sp³-hybridized carbons (Fsp3) is 0.625. The van der Waals surface area contributed by atoms with Crippen LogP contribution < -0.4 is 5.32 Å². The largest absolute Gasteiger partial charge is 0.308 e. The molecule has 2 aliphatic heterocycles. The van der Waals surface area contributed by atoms with Gasteiger partial charge in [0.2, 0.25) is 0 Å². The van der Waals surface area contributed by atoms with Crippen LogP contribution in [-0.2, 0) is 13.0 Å². The average molecular weight is 244 g/mol. The summed E-state index contributed by atoms with van der Waals surface area (Å²) in [7, 11) is 0. The Balaban J connectivity index is 1.56. The van der Waals surface area contributed by atoms with Crippen molar-refractivity contribution in [2.24, 2.45) is 5.92 Å². The van der Waals surface area contributed by atoms with Crippen LogP contribution in [0.5, 0.6) is 0 Å². The van der Waals surface area contributed by atoms with Crippen LogP contribution in [0.15, 0.2) is 24.3 Å². The van der Waals surface area contributed by atoms with E-state index >= 15 is 0 Å². The Labute approximate surface area is 110 Å². The molecule has 1 atom stereocenters. The summed E-state index contributed by atoms with van der Waals surface area (Å²) < 4.78 is 0. The second kappa shape index (κ2) is 5.41. The lowest BCUT2D eigenvalue weighted by atomic mass is 9.94. The third kappa shape index (κ3) is 2.76. The van der Waals surface area contributed by atoms with Crippen LogP contribution in [0.3, 0.4) is 0 Å². The highest BCUT2D eigenvalue weighted by atomic mass is 15.2. The van der Waals surface area contributed by atoms with Crippen molar-refractivity contribution in [3.8, 4) is 0 Å². The molecule has 2 nitrogen and oxygen atoms in total. The van der Waals surface area contributed by atoms with Gasteiger partial charge in [-0.05, 0) is 49.4 Å². The maximum atomic E-state index is 3.69. The Kier molecular flexibility index (Phi) is 3.67. The van der Waals surface area contributed by atoms with Gasteiger partial charge in [0.05, 0.1) is 0 Å². The summed E-state index contributed by atoms with van der Waals surface area (Å²) in [6.45, 7) is 7.24. The fourth-order valence-corrected chi connectivity index (χ4v) is 3.21. The monoisotopic (exact) mass is 244 g/mol. The first kappa shape index (κ1) is 12.2. The Morgan fingerprint density at radius 3 is 2.67 bits per heavy atom. The van der Waals surface area contributed by atoms with Crippen molar-refractivity contribution >= 4 is 0 Å². The number of fused-ring (bicyclic) bond motifs is 1. The number of piperidine rings is 1. The molecule has 0 radical (unpaired) electrons. The lowest BCUT2D eigenvalue weighted by Gasteiger charge is -2.35. The van der Waals surface area contributed by atoms with E-state index < -0.39 is 0 Å². The molecular weight excluding hydrogens is 220 g/mol. The molecule has 1 saturated heterocycles. The van der Waals surface area contributed by atoms with Gasteiger partial charge < -0.3 is 10.2 Å². The van der Waals surface area contributed by atoms with E-state index in [4.69, 9.17) is 0 Å². The van der Waals surface area contributed by atoms with Gasteiger partial charge in [-0.3, -0.25) is 0 Å². The minimum Gasteiger partial charge on any atom is -0.308 e. The van der Waals surface area contributed by atoms with Gasteiger partial charge in [-0.2, -0.15) is 0 Å². The number of hydrogen-bond acceptors (Lipinski definition) is 2. The van der Waals surface area contributed by atoms with Crippen molar-refractivity contribution in [2.75, 3.05) is 19.6 Å². The van der Waals surface area contributed by atoms with Gasteiger partial charge in [-0.1, -0.05) is 31.2 Å². The van der Waals surface area contributed by atoms with Crippen LogP contribution >= 0.6 is 0 Å². The highest BCUT2D eigenvalue weighted by molar-refractivity contribution is 5.29. The van der Waals surface area contributed by atoms with Crippen LogP contribution in [0.1, 0.15) is 30.9 Å². The fourth-order valence-electron chi connectivity index (χ4n) is 3.21. The zero-order valence-electron chi connectivity index (χ0n) is 11.4. The van der Waals surface area contributed by atoms with E-state index in [0.717, 1.165) is 12.5 Å². The van der Waals surface area contributed by atoms with E-state index in [2.05, 4.69) is 41.4 Å². The summed E-state index contributed by atoms with van der Waals surface area (Å²) in [5.74, 6) is 0.932. The maximum Gasteiger partial charge on any atom is 0.0238 e. The van der Waals surface area contributed by atoms with Crippen molar-refractivity contribution < 1.29 is 0 Å². The summed E-state index contributed by atoms with van der Waals surface area (Å²) in [5, 5.41) is 3.69. The Bertz CT molecular complexity index is 394. The highest BCUT2D eigenvalue weighted by Gasteiger charge is 2.22. The zero-order chi connectivity index (χ0) is 12.4. The molecule has 0 saturated carbocycles. The van der Waals surface area contributed by atoms with Crippen LogP contribution in [0.4, 0.5) is 0 Å². The van der Waals surface area contributed by atoms with Crippen LogP contribution in [-0.4, -0.2) is 30.6 Å². The Hall–Kier alpha value is -0.860. The molecule has 1 N–H and O–H groups in total. The average Bonchev–Trinajstić information content (AvgIpc) is 2.41. The Morgan fingerprint density at radius 1 is 1.17 bits per heavy atom. The molecule has 0 unspecified atom stereocenters. The third-order valence-electron chi connectivity index (χ3n) is 4.52. The van der Waals surface area contributed by atoms with E-state index in [1.54, 1.807) is 5.56 Å². The minimum absolute atomic E-state index is 0.647. The lowest BCUT2D eigenvalue weighted by molar-refractivity contribution is 0.172. The molecule has 0 amide bonds. The molecule has 98 valence electrons. The minimum atomic E-state index is 0.647. The van der Waals surface area contributed by atoms with E-state index in [9.17, 15) is 0 Å². The first-order chi connectivity index (χ1) is 8.81. The van der Waals surface area contributed by atoms with E-state index in [1.807, 2.05) is 0 Å². The highest BCUT2D eigenvalue weighted by Crippen LogP contribution is 2.19. The Morgan fingerprint density at radius 2 is 1.89 bits per heavy atom. The van der Waals surface area contributed by atoms with Gasteiger partial charge in [-0.15, -0.1) is 0 Å². The predicted octanol–water partition coefficient (Wildman–Crippen LogP) is 2.43. The summed E-state index contributed by atoms with van der Waals surface area (Å²) in [6.07, 6.45) is 3.95. The number of hydrogen-bond donors (Lipinski definition) is 1. The third-order valence-corrected chi connectivity index (χ3v) is 4.52. The van der Waals surface area contributed by atoms with Gasteiger partial charge >= 0.3 is 0 Å². The number of nitrogens with zero attached hydrogens (tertiary/aromatic N) is 1. The first-order valence-corrected chi connectivity index (χ1v) is 7.34. The SMILES string of the molecule is CC1CCN(C[C@@H]2Cc3ccccc3CN2)CC1. The molecule has 2 aliphatic rings. The normalized spacial score (nSPS) is 25.9. The molecule has 1 aromatic rings. The molecular formula is C16H24N2. The van der Waals surface area contributed by atoms with Crippen LogP contribution in [0, 0.1) is 5.92 Å². The van der Waals surface area contributed by atoms with Crippen molar-refractivity contribution in [1.29, 1.82) is 0 Å². The molecule has 0 aliphatic carbocycles. The molecule has 0 aromatic heterocycles. The summed E-state index contributed by atoms with van der Waals surface area (Å²) in [6, 6.07) is 9.51. The molecule has 3 rings (SSSR count). The summed E-state index contributed by atoms with van der Waals surface area (Å²) in [4.78, 5) is 2.64. The number of rotatable bonds is 2. The zero-order valence-corrected chi connectivity index (χ0v) is 11.4. The van der Waals surface area contributed by atoms with Crippen molar-refractivity contribution in [3.63, 3.8) is 0 Å². The summed E-state index contributed by atoms with van der Waals surface area (Å²) >= 11 is 0. The van der Waals surface area contributed by atoms with E-state index in [-0.39, 0.29) is 0 Å². The number of nitrogens with one attached hydrogen (secondary N) is 1. The number of benzene rings is 1. The smallest absolute Gasteiger partial charge is 0.0238 e. The molecule has 1 fully saturated rings. The van der Waals surface area contributed by atoms with Gasteiger partial charge in [0.15, 0.2) is 0 Å². The molecule has 0 bridgehead atoms. The lowest BCUT2D eigenvalue weighted by Crippen LogP contribution is -2.46. The topological polar surface area (TPSA) is 15.3 Å². The standard InChI is InChI=1S/C16H24N2/c1-13-6-8-18(9-7-13)12-16-10-14-4-2-3-5-15(14)11-17-16/h2-5,13,16-17H,6-12H2,1H3/t16-/m0/s1. The van der Waals surface area contributed by atoms with Crippen molar-refractivity contribution in [1.82, 2.24) is 10.2 Å². The molecule has 2 heterocycles. The number of likely N-dealkylation sites (tertiary alicyclic amines) is 1. The van der Waals surface area contributed by atoms with Crippen LogP contribution in [0.25, 0.3) is 0 Å². The second-order valence-electron chi connectivity index (χ2n) is 6.03. The second-order valence-corrected chi connectivity index (χ2v) is 6.03. The van der Waals surface area contributed by atoms with Crippen molar-refractivity contribution in [3.05, 3.63) is 35.4 Å². The predicted molar refractivity (Wildman–Crippen MR) is 75.6 cm³/mol. The van der Waals surface area contributed by atoms with Crippen molar-refractivity contribution in [2.45, 2.75) is 38.8 Å². The van der Waals surface area contributed by atoms with Gasteiger partial charge in [0.1, 0.15) is 0 Å². The first-order valence-electron chi connectivity index (χ1n) is 7.34. The summed E-state index contributed by atoms with van der Waals surface area (Å²) in [5.41, 5.74) is 3.03. The molecule has 1 aromatic carbocycles. The molecule has 18 heavy (non-hydrogen) atoms. The molecule has 2 heteroatoms. The van der Waals surface area contributed by atoms with Gasteiger partial charge in [-0.25, -0.2) is 0 Å². The van der Waals surface area contributed by atoms with E-state index in [1.165, 1.54) is 44.5 Å². The van der Waals surface area contributed by atoms with Gasteiger partial charge in [0, 0.05) is 19.1 Å². The maximum absolute atomic E-state index is 3.69. The van der Waals surface area contributed by atoms with Gasteiger partial charge in [0.25, 0.3) is 0 Å². The molecule has 0 spiro atoms. The quantitative estimate of drug-likeness (QED) is 0.859. The van der Waals surface area contributed by atoms with Crippen LogP contribution in [0.2, 0.25) is 0 Å². The van der Waals surface area contributed by atoms with E-state index in [0.29, 0.717) is 6.04 Å².